The molecule has 0 saturated carbocycles. The van der Waals surface area contributed by atoms with Crippen LogP contribution in [0.4, 0.5) is 11.6 Å². The fourth-order valence-corrected chi connectivity index (χ4v) is 3.27. The molecule has 3 heterocycles. The van der Waals surface area contributed by atoms with Crippen molar-refractivity contribution in [3.05, 3.63) is 41.5 Å². The average molecular weight is 340 g/mol. The van der Waals surface area contributed by atoms with Gasteiger partial charge in [-0.15, -0.1) is 0 Å². The molecule has 0 unspecified atom stereocenters. The van der Waals surface area contributed by atoms with Crippen molar-refractivity contribution in [1.82, 2.24) is 19.9 Å². The van der Waals surface area contributed by atoms with Crippen molar-refractivity contribution >= 4 is 17.5 Å². The van der Waals surface area contributed by atoms with E-state index in [0.717, 1.165) is 54.8 Å². The zero-order chi connectivity index (χ0) is 17.8. The highest BCUT2D eigenvalue weighted by Gasteiger charge is 2.24. The Labute approximate surface area is 147 Å². The van der Waals surface area contributed by atoms with Crippen molar-refractivity contribution in [3.8, 4) is 0 Å². The van der Waals surface area contributed by atoms with E-state index in [2.05, 4.69) is 25.2 Å². The summed E-state index contributed by atoms with van der Waals surface area (Å²) in [4.78, 5) is 26.8. The molecule has 3 rings (SSSR count). The van der Waals surface area contributed by atoms with Crippen molar-refractivity contribution in [3.63, 3.8) is 0 Å². The first-order valence-corrected chi connectivity index (χ1v) is 8.56. The van der Waals surface area contributed by atoms with Crippen molar-refractivity contribution < 1.29 is 4.79 Å². The van der Waals surface area contributed by atoms with Gasteiger partial charge >= 0.3 is 0 Å². The minimum atomic E-state index is -0.285. The summed E-state index contributed by atoms with van der Waals surface area (Å²) >= 11 is 0. The van der Waals surface area contributed by atoms with E-state index in [-0.39, 0.29) is 11.8 Å². The van der Waals surface area contributed by atoms with Gasteiger partial charge in [0.2, 0.25) is 5.91 Å². The van der Waals surface area contributed by atoms with E-state index >= 15 is 0 Å². The van der Waals surface area contributed by atoms with E-state index in [4.69, 9.17) is 5.73 Å². The molecular formula is C18H24N6O. The number of carbonyl (C=O) groups excluding carboxylic acids is 1. The largest absolute Gasteiger partial charge is 0.369 e. The van der Waals surface area contributed by atoms with Gasteiger partial charge in [-0.25, -0.2) is 15.0 Å². The standard InChI is InChI=1S/C18H24N6O/c1-12-5-3-7-17(20-12)23-18-9-15(21-13(2)22-18)14-6-4-8-24(10-14)11-16(19)25/h3,5,7,9,14H,4,6,8,10-11H2,1-2H3,(H2,19,25)(H,20,21,22,23)/t14-/m1/s1. The molecule has 7 nitrogen and oxygen atoms in total. The van der Waals surface area contributed by atoms with E-state index in [1.165, 1.54) is 0 Å². The molecule has 1 fully saturated rings. The SMILES string of the molecule is Cc1cccc(Nc2cc([C@@H]3CCCN(CC(N)=O)C3)nc(C)n2)n1. The second-order valence-electron chi connectivity index (χ2n) is 6.56. The first-order chi connectivity index (χ1) is 12.0. The molecule has 1 saturated heterocycles. The van der Waals surface area contributed by atoms with Gasteiger partial charge in [0.05, 0.1) is 12.2 Å². The highest BCUT2D eigenvalue weighted by Crippen LogP contribution is 2.27. The second-order valence-corrected chi connectivity index (χ2v) is 6.56. The van der Waals surface area contributed by atoms with Gasteiger partial charge in [-0.3, -0.25) is 9.69 Å². The average Bonchev–Trinajstić information content (AvgIpc) is 2.54. The van der Waals surface area contributed by atoms with E-state index in [1.54, 1.807) is 0 Å². The zero-order valence-electron chi connectivity index (χ0n) is 14.7. The van der Waals surface area contributed by atoms with E-state index in [1.807, 2.05) is 38.1 Å². The molecule has 25 heavy (non-hydrogen) atoms. The number of nitrogens with one attached hydrogen (secondary N) is 1. The Morgan fingerprint density at radius 1 is 1.28 bits per heavy atom. The number of nitrogens with zero attached hydrogens (tertiary/aromatic N) is 4. The highest BCUT2D eigenvalue weighted by molar-refractivity contribution is 5.75. The van der Waals surface area contributed by atoms with Crippen LogP contribution in [0, 0.1) is 13.8 Å². The number of piperidine rings is 1. The summed E-state index contributed by atoms with van der Waals surface area (Å²) in [5, 5.41) is 3.26. The minimum Gasteiger partial charge on any atom is -0.369 e. The minimum absolute atomic E-state index is 0.279. The van der Waals surface area contributed by atoms with Crippen LogP contribution in [0.1, 0.15) is 36.0 Å². The third-order valence-corrected chi connectivity index (χ3v) is 4.31. The lowest BCUT2D eigenvalue weighted by molar-refractivity contribution is -0.119. The molecule has 0 spiro atoms. The normalized spacial score (nSPS) is 18.1. The van der Waals surface area contributed by atoms with Crippen molar-refractivity contribution in [2.75, 3.05) is 25.0 Å². The van der Waals surface area contributed by atoms with Gasteiger partial charge in [-0.1, -0.05) is 6.07 Å². The number of aromatic nitrogens is 3. The Hall–Kier alpha value is -2.54. The van der Waals surface area contributed by atoms with Gasteiger partial charge in [-0.05, 0) is 45.4 Å². The fraction of sp³-hybridized carbons (Fsp3) is 0.444. The van der Waals surface area contributed by atoms with Crippen LogP contribution in [0.25, 0.3) is 0 Å². The molecule has 2 aromatic heterocycles. The molecule has 2 aromatic rings. The van der Waals surface area contributed by atoms with Gasteiger partial charge in [-0.2, -0.15) is 0 Å². The second kappa shape index (κ2) is 7.57. The summed E-state index contributed by atoms with van der Waals surface area (Å²) in [5.41, 5.74) is 7.28. The molecule has 0 bridgehead atoms. The summed E-state index contributed by atoms with van der Waals surface area (Å²) in [6.07, 6.45) is 2.08. The third-order valence-electron chi connectivity index (χ3n) is 4.31. The summed E-state index contributed by atoms with van der Waals surface area (Å²) in [6.45, 7) is 5.85. The van der Waals surface area contributed by atoms with Gasteiger partial charge in [0.25, 0.3) is 0 Å². The van der Waals surface area contributed by atoms with Crippen LogP contribution < -0.4 is 11.1 Å². The number of anilines is 2. The topological polar surface area (TPSA) is 97.0 Å². The van der Waals surface area contributed by atoms with E-state index in [9.17, 15) is 4.79 Å². The van der Waals surface area contributed by atoms with Gasteiger partial charge in [0.15, 0.2) is 0 Å². The molecule has 0 aromatic carbocycles. The van der Waals surface area contributed by atoms with Crippen LogP contribution in [0.5, 0.6) is 0 Å². The predicted octanol–water partition coefficient (Wildman–Crippen LogP) is 1.90. The lowest BCUT2D eigenvalue weighted by atomic mass is 9.94. The number of aryl methyl sites for hydroxylation is 2. The molecule has 132 valence electrons. The Morgan fingerprint density at radius 3 is 2.88 bits per heavy atom. The van der Waals surface area contributed by atoms with Crippen LogP contribution in [0.15, 0.2) is 24.3 Å². The molecule has 1 atom stereocenters. The fourth-order valence-electron chi connectivity index (χ4n) is 3.27. The van der Waals surface area contributed by atoms with Crippen LogP contribution in [-0.4, -0.2) is 45.4 Å². The van der Waals surface area contributed by atoms with Gasteiger partial charge in [0.1, 0.15) is 17.5 Å². The third kappa shape index (κ3) is 4.73. The summed E-state index contributed by atoms with van der Waals surface area (Å²) in [7, 11) is 0. The molecule has 1 amide bonds. The van der Waals surface area contributed by atoms with Crippen LogP contribution >= 0.6 is 0 Å². The molecule has 3 N–H and O–H groups in total. The lowest BCUT2D eigenvalue weighted by Crippen LogP contribution is -2.40. The molecule has 1 aliphatic rings. The summed E-state index contributed by atoms with van der Waals surface area (Å²) in [6, 6.07) is 7.81. The number of pyridine rings is 1. The Balaban J connectivity index is 1.78. The number of nitrogens with two attached hydrogens (primary N) is 1. The van der Waals surface area contributed by atoms with Crippen LogP contribution in [0.2, 0.25) is 0 Å². The van der Waals surface area contributed by atoms with Gasteiger partial charge < -0.3 is 11.1 Å². The maximum absolute atomic E-state index is 11.2. The summed E-state index contributed by atoms with van der Waals surface area (Å²) < 4.78 is 0. The van der Waals surface area contributed by atoms with E-state index < -0.39 is 0 Å². The maximum Gasteiger partial charge on any atom is 0.231 e. The Morgan fingerprint density at radius 2 is 2.12 bits per heavy atom. The van der Waals surface area contributed by atoms with Crippen molar-refractivity contribution in [1.29, 1.82) is 0 Å². The lowest BCUT2D eigenvalue weighted by Gasteiger charge is -2.31. The molecule has 0 aliphatic carbocycles. The number of hydrogen-bond donors (Lipinski definition) is 2. The zero-order valence-corrected chi connectivity index (χ0v) is 14.7. The number of likely N-dealkylation sites (tertiary alicyclic amines) is 1. The number of carbonyl (C=O) groups is 1. The molecule has 1 aliphatic heterocycles. The van der Waals surface area contributed by atoms with Crippen molar-refractivity contribution in [2.45, 2.75) is 32.6 Å². The Kier molecular flexibility index (Phi) is 5.23. The van der Waals surface area contributed by atoms with E-state index in [0.29, 0.717) is 6.54 Å². The quantitative estimate of drug-likeness (QED) is 0.863. The van der Waals surface area contributed by atoms with Crippen molar-refractivity contribution in [2.24, 2.45) is 5.73 Å². The number of hydrogen-bond acceptors (Lipinski definition) is 6. The van der Waals surface area contributed by atoms with Crippen LogP contribution in [-0.2, 0) is 4.79 Å². The maximum atomic E-state index is 11.2. The number of primary amides is 1. The predicted molar refractivity (Wildman–Crippen MR) is 96.6 cm³/mol. The molecule has 7 heteroatoms. The smallest absolute Gasteiger partial charge is 0.231 e. The first kappa shape index (κ1) is 17.3. The van der Waals surface area contributed by atoms with Gasteiger partial charge in [0, 0.05) is 24.2 Å². The summed E-state index contributed by atoms with van der Waals surface area (Å²) in [5.74, 6) is 2.23. The monoisotopic (exact) mass is 340 g/mol. The molecular weight excluding hydrogens is 316 g/mol. The number of rotatable bonds is 5. The molecule has 0 radical (unpaired) electrons. The Bertz CT molecular complexity index is 763. The van der Waals surface area contributed by atoms with Crippen LogP contribution in [0.3, 0.4) is 0 Å². The first-order valence-electron chi connectivity index (χ1n) is 8.56. The highest BCUT2D eigenvalue weighted by atomic mass is 16.1. The number of amides is 1.